The van der Waals surface area contributed by atoms with E-state index in [0.29, 0.717) is 11.7 Å². The summed E-state index contributed by atoms with van der Waals surface area (Å²) in [5.74, 6) is 1.13. The van der Waals surface area contributed by atoms with Crippen LogP contribution < -0.4 is 0 Å². The zero-order chi connectivity index (χ0) is 17.2. The van der Waals surface area contributed by atoms with Gasteiger partial charge in [-0.1, -0.05) is 48.0 Å². The first-order valence-electron chi connectivity index (χ1n) is 7.94. The van der Waals surface area contributed by atoms with Gasteiger partial charge >= 0.3 is 5.97 Å². The molecule has 3 aromatic rings. The summed E-state index contributed by atoms with van der Waals surface area (Å²) in [6.07, 6.45) is 1.59. The van der Waals surface area contributed by atoms with Gasteiger partial charge in [0.1, 0.15) is 11.5 Å². The number of furan rings is 1. The lowest BCUT2D eigenvalue weighted by Crippen LogP contribution is -2.05. The van der Waals surface area contributed by atoms with Crippen LogP contribution in [0.5, 0.6) is 0 Å². The standard InChI is InChI=1S/C21H15NO3/c1-14-6-5-9-16(12-14)20-22-18(21(23)25-20)13-17-10-11-19(24-17)15-7-3-2-4-8-15/h2-13H,1H3/b18-13+. The highest BCUT2D eigenvalue weighted by atomic mass is 16.6. The predicted octanol–water partition coefficient (Wildman–Crippen LogP) is 4.60. The molecule has 0 N–H and O–H groups in total. The van der Waals surface area contributed by atoms with Crippen LogP contribution in [0.3, 0.4) is 0 Å². The molecule has 4 nitrogen and oxygen atoms in total. The topological polar surface area (TPSA) is 51.8 Å². The number of carbonyl (C=O) groups excluding carboxylic acids is 1. The Balaban J connectivity index is 1.63. The first kappa shape index (κ1) is 15.1. The van der Waals surface area contributed by atoms with Gasteiger partial charge in [0.25, 0.3) is 0 Å². The van der Waals surface area contributed by atoms with Crippen LogP contribution in [0, 0.1) is 6.92 Å². The maximum atomic E-state index is 12.1. The fourth-order valence-corrected chi connectivity index (χ4v) is 2.63. The second kappa shape index (κ2) is 6.24. The summed E-state index contributed by atoms with van der Waals surface area (Å²) in [6, 6.07) is 21.1. The van der Waals surface area contributed by atoms with Crippen LogP contribution in [0.25, 0.3) is 17.4 Å². The normalized spacial score (nSPS) is 15.3. The average Bonchev–Trinajstić information content (AvgIpc) is 3.24. The Bertz CT molecular complexity index is 997. The van der Waals surface area contributed by atoms with Gasteiger partial charge in [-0.3, -0.25) is 0 Å². The van der Waals surface area contributed by atoms with Gasteiger partial charge in [-0.15, -0.1) is 0 Å². The monoisotopic (exact) mass is 329 g/mol. The molecule has 122 valence electrons. The van der Waals surface area contributed by atoms with Crippen LogP contribution in [0.15, 0.2) is 81.8 Å². The van der Waals surface area contributed by atoms with E-state index in [1.54, 1.807) is 6.08 Å². The molecule has 0 unspecified atom stereocenters. The van der Waals surface area contributed by atoms with Gasteiger partial charge in [0, 0.05) is 17.2 Å². The van der Waals surface area contributed by atoms with Gasteiger partial charge in [-0.25, -0.2) is 9.79 Å². The number of esters is 1. The molecule has 4 rings (SSSR count). The molecule has 1 aliphatic rings. The molecule has 0 bridgehead atoms. The molecule has 0 aliphatic carbocycles. The average molecular weight is 329 g/mol. The van der Waals surface area contributed by atoms with E-state index < -0.39 is 5.97 Å². The summed E-state index contributed by atoms with van der Waals surface area (Å²) in [5.41, 5.74) is 3.06. The van der Waals surface area contributed by atoms with E-state index in [-0.39, 0.29) is 5.70 Å². The molecule has 1 aromatic heterocycles. The number of rotatable bonds is 3. The van der Waals surface area contributed by atoms with Gasteiger partial charge in [0.05, 0.1) is 0 Å². The summed E-state index contributed by atoms with van der Waals surface area (Å²) in [7, 11) is 0. The Morgan fingerprint density at radius 1 is 0.920 bits per heavy atom. The Hall–Kier alpha value is -3.40. The highest BCUT2D eigenvalue weighted by molar-refractivity contribution is 6.12. The van der Waals surface area contributed by atoms with Crippen molar-refractivity contribution in [1.82, 2.24) is 0 Å². The number of benzene rings is 2. The largest absolute Gasteiger partial charge is 0.457 e. The van der Waals surface area contributed by atoms with Crippen molar-refractivity contribution in [3.63, 3.8) is 0 Å². The van der Waals surface area contributed by atoms with E-state index >= 15 is 0 Å². The third-order valence-electron chi connectivity index (χ3n) is 3.85. The third kappa shape index (κ3) is 3.15. The van der Waals surface area contributed by atoms with Crippen molar-refractivity contribution in [1.29, 1.82) is 0 Å². The van der Waals surface area contributed by atoms with Crippen molar-refractivity contribution in [3.8, 4) is 11.3 Å². The first-order chi connectivity index (χ1) is 12.2. The number of carbonyl (C=O) groups is 1. The highest BCUT2D eigenvalue weighted by Gasteiger charge is 2.24. The van der Waals surface area contributed by atoms with Crippen LogP contribution in [-0.2, 0) is 9.53 Å². The SMILES string of the molecule is Cc1cccc(C2=N/C(=C/c3ccc(-c4ccccc4)o3)C(=O)O2)c1. The summed E-state index contributed by atoms with van der Waals surface area (Å²) >= 11 is 0. The highest BCUT2D eigenvalue weighted by Crippen LogP contribution is 2.25. The summed E-state index contributed by atoms with van der Waals surface area (Å²) in [5, 5.41) is 0. The van der Waals surface area contributed by atoms with Crippen molar-refractivity contribution >= 4 is 17.9 Å². The quantitative estimate of drug-likeness (QED) is 0.521. The zero-order valence-electron chi connectivity index (χ0n) is 13.6. The fourth-order valence-electron chi connectivity index (χ4n) is 2.63. The maximum absolute atomic E-state index is 12.1. The summed E-state index contributed by atoms with van der Waals surface area (Å²) < 4.78 is 11.1. The lowest BCUT2D eigenvalue weighted by Gasteiger charge is -1.99. The molecule has 0 saturated carbocycles. The van der Waals surface area contributed by atoms with E-state index in [1.807, 2.05) is 73.7 Å². The molecule has 1 aliphatic heterocycles. The second-order valence-corrected chi connectivity index (χ2v) is 5.77. The van der Waals surface area contributed by atoms with Crippen LogP contribution in [-0.4, -0.2) is 11.9 Å². The molecule has 0 amide bonds. The van der Waals surface area contributed by atoms with E-state index in [2.05, 4.69) is 4.99 Å². The summed E-state index contributed by atoms with van der Waals surface area (Å²) in [4.78, 5) is 16.4. The molecule has 4 heteroatoms. The van der Waals surface area contributed by atoms with Gasteiger partial charge < -0.3 is 9.15 Å². The summed E-state index contributed by atoms with van der Waals surface area (Å²) in [6.45, 7) is 1.98. The molecule has 0 atom stereocenters. The Morgan fingerprint density at radius 2 is 1.72 bits per heavy atom. The van der Waals surface area contributed by atoms with Crippen LogP contribution in [0.2, 0.25) is 0 Å². The number of hydrogen-bond acceptors (Lipinski definition) is 4. The minimum Gasteiger partial charge on any atom is -0.457 e. The minimum absolute atomic E-state index is 0.227. The van der Waals surface area contributed by atoms with Crippen LogP contribution in [0.1, 0.15) is 16.9 Å². The maximum Gasteiger partial charge on any atom is 0.363 e. The van der Waals surface area contributed by atoms with Gasteiger partial charge in [0.15, 0.2) is 5.70 Å². The number of aliphatic imine (C=N–C) groups is 1. The number of aryl methyl sites for hydroxylation is 1. The van der Waals surface area contributed by atoms with E-state index in [0.717, 1.165) is 22.5 Å². The molecule has 0 radical (unpaired) electrons. The smallest absolute Gasteiger partial charge is 0.363 e. The lowest BCUT2D eigenvalue weighted by atomic mass is 10.1. The molecule has 0 saturated heterocycles. The lowest BCUT2D eigenvalue weighted by molar-refractivity contribution is -0.129. The molecule has 2 aromatic carbocycles. The van der Waals surface area contributed by atoms with Crippen molar-refractivity contribution in [2.45, 2.75) is 6.92 Å². The molecule has 0 fully saturated rings. The Labute approximate surface area is 145 Å². The van der Waals surface area contributed by atoms with Crippen molar-refractivity contribution in [2.24, 2.45) is 4.99 Å². The van der Waals surface area contributed by atoms with Crippen molar-refractivity contribution < 1.29 is 13.9 Å². The number of cyclic esters (lactones) is 1. The third-order valence-corrected chi connectivity index (χ3v) is 3.85. The number of nitrogens with zero attached hydrogens (tertiary/aromatic N) is 1. The molecular weight excluding hydrogens is 314 g/mol. The van der Waals surface area contributed by atoms with Crippen LogP contribution in [0.4, 0.5) is 0 Å². The van der Waals surface area contributed by atoms with E-state index in [4.69, 9.17) is 9.15 Å². The van der Waals surface area contributed by atoms with Crippen molar-refractivity contribution in [3.05, 3.63) is 89.3 Å². The van der Waals surface area contributed by atoms with E-state index in [9.17, 15) is 4.79 Å². The Kier molecular flexibility index (Phi) is 3.78. The molecule has 2 heterocycles. The molecule has 0 spiro atoms. The van der Waals surface area contributed by atoms with E-state index in [1.165, 1.54) is 0 Å². The number of ether oxygens (including phenoxy) is 1. The molecule has 25 heavy (non-hydrogen) atoms. The van der Waals surface area contributed by atoms with Crippen molar-refractivity contribution in [2.75, 3.05) is 0 Å². The zero-order valence-corrected chi connectivity index (χ0v) is 13.6. The number of hydrogen-bond donors (Lipinski definition) is 0. The fraction of sp³-hybridized carbons (Fsp3) is 0.0476. The van der Waals surface area contributed by atoms with Crippen LogP contribution >= 0.6 is 0 Å². The van der Waals surface area contributed by atoms with Gasteiger partial charge in [-0.2, -0.15) is 0 Å². The molecular formula is C21H15NO3. The van der Waals surface area contributed by atoms with Gasteiger partial charge in [0.2, 0.25) is 5.90 Å². The second-order valence-electron chi connectivity index (χ2n) is 5.77. The first-order valence-corrected chi connectivity index (χ1v) is 7.94. The Morgan fingerprint density at radius 3 is 2.52 bits per heavy atom. The minimum atomic E-state index is -0.478. The predicted molar refractivity (Wildman–Crippen MR) is 95.9 cm³/mol. The van der Waals surface area contributed by atoms with Gasteiger partial charge in [-0.05, 0) is 31.2 Å².